The van der Waals surface area contributed by atoms with Gasteiger partial charge < -0.3 is 10.4 Å². The smallest absolute Gasteiger partial charge is 0.298 e. The highest BCUT2D eigenvalue weighted by Crippen LogP contribution is 2.16. The number of aromatic nitrogens is 2. The third-order valence-electron chi connectivity index (χ3n) is 3.66. The van der Waals surface area contributed by atoms with E-state index in [1.54, 1.807) is 0 Å². The number of fused-ring (bicyclic) bond motifs is 1. The molecule has 0 saturated carbocycles. The fourth-order valence-corrected chi connectivity index (χ4v) is 2.26. The fraction of sp³-hybridized carbons (Fsp3) is 0.200. The van der Waals surface area contributed by atoms with Gasteiger partial charge in [0, 0.05) is 13.6 Å². The number of amides is 2. The summed E-state index contributed by atoms with van der Waals surface area (Å²) in [6.45, 7) is -0.236. The third kappa shape index (κ3) is 3.13. The van der Waals surface area contributed by atoms with Gasteiger partial charge >= 0.3 is 0 Å². The third-order valence-corrected chi connectivity index (χ3v) is 3.66. The van der Waals surface area contributed by atoms with Crippen molar-refractivity contribution in [3.8, 4) is 5.75 Å². The van der Waals surface area contributed by atoms with Crippen molar-refractivity contribution in [1.29, 1.82) is 0 Å². The Hall–Kier alpha value is -3.43. The molecule has 10 heteroatoms. The highest BCUT2D eigenvalue weighted by atomic mass is 19.1. The van der Waals surface area contributed by atoms with Gasteiger partial charge in [-0.1, -0.05) is 12.1 Å². The van der Waals surface area contributed by atoms with Gasteiger partial charge in [0.15, 0.2) is 5.69 Å². The number of hydrogen-bond acceptors (Lipinski definition) is 6. The minimum absolute atomic E-state index is 0.0307. The summed E-state index contributed by atoms with van der Waals surface area (Å²) in [5.74, 6) is -2.45. The topological polar surface area (TPSA) is 117 Å². The van der Waals surface area contributed by atoms with E-state index < -0.39 is 34.6 Å². The lowest BCUT2D eigenvalue weighted by Gasteiger charge is -2.27. The van der Waals surface area contributed by atoms with Crippen molar-refractivity contribution in [2.24, 2.45) is 0 Å². The summed E-state index contributed by atoms with van der Waals surface area (Å²) in [6, 6.07) is 5.48. The van der Waals surface area contributed by atoms with Gasteiger partial charge in [0.1, 0.15) is 12.4 Å². The molecule has 0 radical (unpaired) electrons. The van der Waals surface area contributed by atoms with Crippen molar-refractivity contribution in [1.82, 2.24) is 19.9 Å². The first kappa shape index (κ1) is 16.4. The molecule has 1 aliphatic heterocycles. The van der Waals surface area contributed by atoms with Gasteiger partial charge in [-0.15, -0.1) is 0 Å². The molecule has 9 nitrogen and oxygen atoms in total. The molecular weight excluding hydrogens is 333 g/mol. The average Bonchev–Trinajstić information content (AvgIpc) is 2.59. The Kier molecular flexibility index (Phi) is 4.09. The molecule has 0 spiro atoms. The zero-order valence-electron chi connectivity index (χ0n) is 13.1. The number of likely N-dealkylation sites (N-methyl/N-ethyl adjacent to an activating group) is 1. The van der Waals surface area contributed by atoms with Gasteiger partial charge in [0.05, 0.1) is 0 Å². The van der Waals surface area contributed by atoms with E-state index in [0.717, 1.165) is 9.58 Å². The molecule has 2 heterocycles. The van der Waals surface area contributed by atoms with Crippen molar-refractivity contribution in [2.75, 3.05) is 12.5 Å². The summed E-state index contributed by atoms with van der Waals surface area (Å²) in [6.07, 6.45) is 0. The zero-order valence-corrected chi connectivity index (χ0v) is 13.1. The molecule has 0 aliphatic carbocycles. The quantitative estimate of drug-likeness (QED) is 0.709. The van der Waals surface area contributed by atoms with Crippen molar-refractivity contribution in [3.05, 3.63) is 51.7 Å². The maximum Gasteiger partial charge on any atom is 0.298 e. The molecule has 0 saturated heterocycles. The molecule has 0 fully saturated rings. The summed E-state index contributed by atoms with van der Waals surface area (Å²) in [7, 11) is 1.44. The van der Waals surface area contributed by atoms with Crippen LogP contribution in [0.5, 0.6) is 5.75 Å². The number of carbonyl (C=O) groups is 2. The molecule has 0 atom stereocenters. The van der Waals surface area contributed by atoms with E-state index in [2.05, 4.69) is 15.7 Å². The van der Waals surface area contributed by atoms with E-state index in [1.807, 2.05) is 0 Å². The first-order valence-electron chi connectivity index (χ1n) is 7.26. The minimum Gasteiger partial charge on any atom is -0.501 e. The number of hydrogen-bond donors (Lipinski definition) is 3. The van der Waals surface area contributed by atoms with Crippen LogP contribution in [-0.4, -0.2) is 38.5 Å². The normalized spacial score (nSPS) is 13.2. The maximum absolute atomic E-state index is 12.9. The number of nitrogens with zero attached hydrogens (tertiary/aromatic N) is 3. The number of nitrogens with one attached hydrogen (secondary N) is 2. The lowest BCUT2D eigenvalue weighted by Crippen LogP contribution is -2.45. The first-order valence-corrected chi connectivity index (χ1v) is 7.26. The summed E-state index contributed by atoms with van der Waals surface area (Å²) < 4.78 is 13.8. The first-order chi connectivity index (χ1) is 11.9. The molecule has 25 heavy (non-hydrogen) atoms. The highest BCUT2D eigenvalue weighted by Gasteiger charge is 2.27. The van der Waals surface area contributed by atoms with Gasteiger partial charge in [0.2, 0.25) is 11.7 Å². The summed E-state index contributed by atoms with van der Waals surface area (Å²) in [5, 5.41) is 13.6. The molecule has 1 aromatic heterocycles. The minimum atomic E-state index is -0.897. The molecule has 1 aliphatic rings. The molecule has 1 aromatic carbocycles. The Morgan fingerprint density at radius 1 is 1.36 bits per heavy atom. The van der Waals surface area contributed by atoms with Crippen LogP contribution < -0.4 is 16.3 Å². The van der Waals surface area contributed by atoms with Crippen molar-refractivity contribution >= 4 is 17.8 Å². The predicted molar refractivity (Wildman–Crippen MR) is 84.1 cm³/mol. The number of aromatic hydroxyl groups is 1. The van der Waals surface area contributed by atoms with Crippen LogP contribution in [-0.2, 0) is 17.9 Å². The summed E-state index contributed by atoms with van der Waals surface area (Å²) in [5.41, 5.74) is 1.83. The Balaban J connectivity index is 1.84. The van der Waals surface area contributed by atoms with E-state index in [1.165, 1.54) is 31.3 Å². The number of halogens is 1. The molecule has 2 aromatic rings. The van der Waals surface area contributed by atoms with Crippen molar-refractivity contribution in [2.45, 2.75) is 13.1 Å². The number of carbonyl (C=O) groups excluding carboxylic acids is 2. The van der Waals surface area contributed by atoms with E-state index in [9.17, 15) is 23.9 Å². The van der Waals surface area contributed by atoms with Gasteiger partial charge in [-0.25, -0.2) is 9.37 Å². The van der Waals surface area contributed by atoms with Gasteiger partial charge in [-0.2, -0.15) is 0 Å². The van der Waals surface area contributed by atoms with Crippen LogP contribution in [0, 0.1) is 5.82 Å². The number of anilines is 1. The second kappa shape index (κ2) is 6.23. The second-order valence-corrected chi connectivity index (χ2v) is 5.40. The van der Waals surface area contributed by atoms with Crippen LogP contribution in [0.3, 0.4) is 0 Å². The van der Waals surface area contributed by atoms with Crippen LogP contribution >= 0.6 is 0 Å². The lowest BCUT2D eigenvalue weighted by molar-refractivity contribution is -0.130. The standard InChI is InChI=1S/C15H14FN5O4/c1-20-10(22)7-21-14(25)12(23)11(18-15(21)19-20)13(24)17-6-8-2-4-9(16)5-3-8/h2-5,23H,6-7H2,1H3,(H,17,24)(H,18,19). The Bertz CT molecular complexity index is 909. The van der Waals surface area contributed by atoms with Gasteiger partial charge in [-0.05, 0) is 17.7 Å². The Labute approximate surface area is 140 Å². The van der Waals surface area contributed by atoms with Crippen LogP contribution in [0.1, 0.15) is 16.1 Å². The number of hydrazine groups is 1. The van der Waals surface area contributed by atoms with Crippen molar-refractivity contribution < 1.29 is 19.1 Å². The van der Waals surface area contributed by atoms with E-state index in [0.29, 0.717) is 5.56 Å². The zero-order chi connectivity index (χ0) is 18.1. The molecule has 130 valence electrons. The monoisotopic (exact) mass is 347 g/mol. The van der Waals surface area contributed by atoms with Gasteiger partial charge in [-0.3, -0.25) is 29.4 Å². The predicted octanol–water partition coefficient (Wildman–Crippen LogP) is -0.183. The summed E-state index contributed by atoms with van der Waals surface area (Å²) in [4.78, 5) is 39.9. The van der Waals surface area contributed by atoms with E-state index >= 15 is 0 Å². The van der Waals surface area contributed by atoms with Gasteiger partial charge in [0.25, 0.3) is 17.4 Å². The van der Waals surface area contributed by atoms with Crippen LogP contribution in [0.25, 0.3) is 0 Å². The molecule has 3 rings (SSSR count). The average molecular weight is 347 g/mol. The number of rotatable bonds is 3. The maximum atomic E-state index is 12.9. The summed E-state index contributed by atoms with van der Waals surface area (Å²) >= 11 is 0. The Morgan fingerprint density at radius 3 is 2.72 bits per heavy atom. The Morgan fingerprint density at radius 2 is 2.04 bits per heavy atom. The fourth-order valence-electron chi connectivity index (χ4n) is 2.26. The van der Waals surface area contributed by atoms with Crippen molar-refractivity contribution in [3.63, 3.8) is 0 Å². The highest BCUT2D eigenvalue weighted by molar-refractivity contribution is 5.95. The second-order valence-electron chi connectivity index (χ2n) is 5.40. The SMILES string of the molecule is CN1Nc2nc(C(=O)NCc3ccc(F)cc3)c(O)c(=O)n2CC1=O. The largest absolute Gasteiger partial charge is 0.501 e. The molecule has 3 N–H and O–H groups in total. The molecule has 0 bridgehead atoms. The molecule has 2 amide bonds. The van der Waals surface area contributed by atoms with Crippen LogP contribution in [0.4, 0.5) is 10.3 Å². The van der Waals surface area contributed by atoms with Crippen LogP contribution in [0.2, 0.25) is 0 Å². The van der Waals surface area contributed by atoms with Crippen LogP contribution in [0.15, 0.2) is 29.1 Å². The van der Waals surface area contributed by atoms with E-state index in [-0.39, 0.29) is 19.0 Å². The molecular formula is C15H14FN5O4. The lowest BCUT2D eigenvalue weighted by atomic mass is 10.2. The number of benzene rings is 1. The van der Waals surface area contributed by atoms with E-state index in [4.69, 9.17) is 0 Å². The molecule has 0 unspecified atom stereocenters.